The Kier molecular flexibility index (Phi) is 10.3. The SMILES string of the molecule is C=C[C@@H]1C[C@]1(NC(=O)[C@@H]1CN(c2ccc(-c3ccccc3OC)cc2)CN1C(=O)C(NC(=O)OC1CCCC1)C(C)(C)C)C(=O)NS(=O)(=O)C1CC1. The highest BCUT2D eigenvalue weighted by Gasteiger charge is 2.62. The number of benzene rings is 2. The zero-order valence-electron chi connectivity index (χ0n) is 30.2. The van der Waals surface area contributed by atoms with Crippen molar-refractivity contribution < 1.29 is 37.1 Å². The van der Waals surface area contributed by atoms with E-state index in [1.165, 1.54) is 11.0 Å². The van der Waals surface area contributed by atoms with Gasteiger partial charge in [0.2, 0.25) is 21.8 Å². The molecule has 0 radical (unpaired) electrons. The van der Waals surface area contributed by atoms with Gasteiger partial charge in [0.25, 0.3) is 5.91 Å². The number of para-hydroxylation sites is 1. The van der Waals surface area contributed by atoms with Gasteiger partial charge in [0.15, 0.2) is 0 Å². The third kappa shape index (κ3) is 7.76. The number of hydrogen-bond acceptors (Lipinski definition) is 9. The van der Waals surface area contributed by atoms with Crippen LogP contribution in [0.4, 0.5) is 10.5 Å². The van der Waals surface area contributed by atoms with Crippen molar-refractivity contribution in [2.75, 3.05) is 25.2 Å². The van der Waals surface area contributed by atoms with E-state index in [0.717, 1.165) is 48.2 Å². The van der Waals surface area contributed by atoms with Crippen LogP contribution in [0.25, 0.3) is 11.1 Å². The van der Waals surface area contributed by atoms with Gasteiger partial charge in [0.1, 0.15) is 29.5 Å². The molecule has 2 aromatic rings. The van der Waals surface area contributed by atoms with Crippen molar-refractivity contribution in [1.82, 2.24) is 20.3 Å². The first-order chi connectivity index (χ1) is 24.7. The smallest absolute Gasteiger partial charge is 0.408 e. The summed E-state index contributed by atoms with van der Waals surface area (Å²) in [5.41, 5.74) is 0.277. The highest BCUT2D eigenvalue weighted by Crippen LogP contribution is 2.45. The van der Waals surface area contributed by atoms with Crippen molar-refractivity contribution in [3.05, 3.63) is 61.2 Å². The van der Waals surface area contributed by atoms with Crippen LogP contribution in [0.15, 0.2) is 61.2 Å². The molecule has 3 aliphatic carbocycles. The summed E-state index contributed by atoms with van der Waals surface area (Å²) < 4.78 is 38.7. The molecule has 1 heterocycles. The molecular formula is C38H49N5O8S. The van der Waals surface area contributed by atoms with Crippen LogP contribution in [-0.4, -0.2) is 86.4 Å². The van der Waals surface area contributed by atoms with E-state index in [4.69, 9.17) is 9.47 Å². The first-order valence-electron chi connectivity index (χ1n) is 17.9. The zero-order chi connectivity index (χ0) is 37.4. The van der Waals surface area contributed by atoms with Crippen molar-refractivity contribution in [1.29, 1.82) is 0 Å². The van der Waals surface area contributed by atoms with E-state index in [0.29, 0.717) is 12.8 Å². The molecule has 3 saturated carbocycles. The lowest BCUT2D eigenvalue weighted by Gasteiger charge is -2.35. The monoisotopic (exact) mass is 735 g/mol. The summed E-state index contributed by atoms with van der Waals surface area (Å²) in [7, 11) is -2.27. The maximum atomic E-state index is 14.5. The van der Waals surface area contributed by atoms with Crippen LogP contribution < -0.4 is 25.0 Å². The molecule has 3 N–H and O–H groups in total. The van der Waals surface area contributed by atoms with Crippen molar-refractivity contribution in [3.8, 4) is 16.9 Å². The number of carbonyl (C=O) groups excluding carboxylic acids is 4. The van der Waals surface area contributed by atoms with Gasteiger partial charge < -0.3 is 29.9 Å². The van der Waals surface area contributed by atoms with Gasteiger partial charge in [0, 0.05) is 23.7 Å². The second-order valence-electron chi connectivity index (χ2n) is 15.4. The van der Waals surface area contributed by atoms with Gasteiger partial charge in [0.05, 0.1) is 19.0 Å². The number of ether oxygens (including phenoxy) is 2. The molecule has 1 saturated heterocycles. The van der Waals surface area contributed by atoms with E-state index in [9.17, 15) is 27.6 Å². The Morgan fingerprint density at radius 2 is 1.67 bits per heavy atom. The zero-order valence-corrected chi connectivity index (χ0v) is 31.0. The number of nitrogens with zero attached hydrogens (tertiary/aromatic N) is 2. The number of sulfonamides is 1. The second-order valence-corrected chi connectivity index (χ2v) is 17.3. The standard InChI is InChI=1S/C38H49N5O8S/c1-6-25-21-38(25,35(46)41-52(48,49)28-19-20-28)40-33(44)30-22-42(26-17-15-24(16-18-26)29-13-9-10-14-31(29)50-5)23-43(30)34(45)32(37(2,3)4)39-36(47)51-27-11-7-8-12-27/h6,9-10,13-18,25,27-28,30,32H,1,7-8,11-12,19-23H2,2-5H3,(H,39,47)(H,40,44)(H,41,46)/t25-,30+,32?,38-/m1/s1. The second kappa shape index (κ2) is 14.4. The summed E-state index contributed by atoms with van der Waals surface area (Å²) in [6.07, 6.45) is 5.21. The van der Waals surface area contributed by atoms with Crippen molar-refractivity contribution in [2.45, 2.75) is 94.7 Å². The summed E-state index contributed by atoms with van der Waals surface area (Å²) in [6, 6.07) is 13.2. The highest BCUT2D eigenvalue weighted by molar-refractivity contribution is 7.91. The molecule has 4 amide bonds. The third-order valence-electron chi connectivity index (χ3n) is 10.5. The molecule has 0 spiro atoms. The van der Waals surface area contributed by atoms with E-state index >= 15 is 0 Å². The lowest BCUT2D eigenvalue weighted by molar-refractivity contribution is -0.142. The molecule has 14 heteroatoms. The molecule has 0 bridgehead atoms. The predicted molar refractivity (Wildman–Crippen MR) is 196 cm³/mol. The molecule has 1 aliphatic heterocycles. The summed E-state index contributed by atoms with van der Waals surface area (Å²) in [4.78, 5) is 58.7. The minimum atomic E-state index is -3.88. The Morgan fingerprint density at radius 3 is 2.27 bits per heavy atom. The Labute approximate surface area is 305 Å². The number of amides is 4. The number of methoxy groups -OCH3 is 1. The van der Waals surface area contributed by atoms with E-state index in [-0.39, 0.29) is 25.7 Å². The molecule has 4 fully saturated rings. The third-order valence-corrected chi connectivity index (χ3v) is 12.3. The predicted octanol–water partition coefficient (Wildman–Crippen LogP) is 4.09. The summed E-state index contributed by atoms with van der Waals surface area (Å²) >= 11 is 0. The maximum Gasteiger partial charge on any atom is 0.408 e. The largest absolute Gasteiger partial charge is 0.496 e. The number of nitrogens with one attached hydrogen (secondary N) is 3. The fourth-order valence-corrected chi connectivity index (χ4v) is 8.52. The van der Waals surface area contributed by atoms with Crippen LogP contribution in [0.3, 0.4) is 0 Å². The van der Waals surface area contributed by atoms with E-state index in [1.807, 2.05) is 74.2 Å². The average Bonchev–Trinajstić information content (AvgIpc) is 3.99. The van der Waals surface area contributed by atoms with Gasteiger partial charge in [-0.2, -0.15) is 0 Å². The quantitative estimate of drug-likeness (QED) is 0.273. The minimum absolute atomic E-state index is 0.0109. The Bertz CT molecular complexity index is 1820. The number of hydrogen-bond donors (Lipinski definition) is 3. The van der Waals surface area contributed by atoms with Gasteiger partial charge >= 0.3 is 6.09 Å². The number of rotatable bonds is 12. The van der Waals surface area contributed by atoms with Crippen LogP contribution in [0.2, 0.25) is 0 Å². The van der Waals surface area contributed by atoms with Crippen molar-refractivity contribution in [3.63, 3.8) is 0 Å². The van der Waals surface area contributed by atoms with Gasteiger partial charge in [-0.05, 0) is 74.1 Å². The Balaban J connectivity index is 1.27. The molecule has 2 aromatic carbocycles. The normalized spacial score (nSPS) is 23.8. The molecule has 280 valence electrons. The fraction of sp³-hybridized carbons (Fsp3) is 0.526. The molecular weight excluding hydrogens is 687 g/mol. The summed E-state index contributed by atoms with van der Waals surface area (Å²) in [6.45, 7) is 9.34. The molecule has 4 aliphatic rings. The van der Waals surface area contributed by atoms with E-state index < -0.39 is 68.0 Å². The van der Waals surface area contributed by atoms with Crippen LogP contribution in [0.5, 0.6) is 5.75 Å². The number of carbonyl (C=O) groups is 4. The minimum Gasteiger partial charge on any atom is -0.496 e. The van der Waals surface area contributed by atoms with Gasteiger partial charge in [-0.15, -0.1) is 6.58 Å². The first kappa shape index (κ1) is 37.2. The Morgan fingerprint density at radius 1 is 1.00 bits per heavy atom. The number of alkyl carbamates (subject to hydrolysis) is 1. The summed E-state index contributed by atoms with van der Waals surface area (Å²) in [5, 5.41) is 4.99. The van der Waals surface area contributed by atoms with Crippen LogP contribution in [0.1, 0.15) is 65.7 Å². The lowest BCUT2D eigenvalue weighted by Crippen LogP contribution is -2.60. The molecule has 4 atom stereocenters. The average molecular weight is 736 g/mol. The first-order valence-corrected chi connectivity index (χ1v) is 19.5. The van der Waals surface area contributed by atoms with Crippen LogP contribution in [-0.2, 0) is 29.1 Å². The molecule has 13 nitrogen and oxygen atoms in total. The van der Waals surface area contributed by atoms with Gasteiger partial charge in [-0.3, -0.25) is 19.1 Å². The van der Waals surface area contributed by atoms with Crippen molar-refractivity contribution >= 4 is 39.5 Å². The number of anilines is 1. The highest BCUT2D eigenvalue weighted by atomic mass is 32.2. The molecule has 0 aromatic heterocycles. The van der Waals surface area contributed by atoms with Gasteiger partial charge in [-0.1, -0.05) is 57.2 Å². The topological polar surface area (TPSA) is 163 Å². The fourth-order valence-electron chi connectivity index (χ4n) is 7.16. The molecule has 6 rings (SSSR count). The lowest BCUT2D eigenvalue weighted by atomic mass is 9.85. The van der Waals surface area contributed by atoms with Crippen LogP contribution >= 0.6 is 0 Å². The van der Waals surface area contributed by atoms with Crippen LogP contribution in [0, 0.1) is 11.3 Å². The Hall–Kier alpha value is -4.59. The maximum absolute atomic E-state index is 14.5. The molecule has 52 heavy (non-hydrogen) atoms. The van der Waals surface area contributed by atoms with Gasteiger partial charge in [-0.25, -0.2) is 13.2 Å². The molecule has 1 unspecified atom stereocenters. The summed E-state index contributed by atoms with van der Waals surface area (Å²) in [5.74, 6) is -1.70. The van der Waals surface area contributed by atoms with Crippen molar-refractivity contribution in [2.24, 2.45) is 11.3 Å². The van der Waals surface area contributed by atoms with E-state index in [2.05, 4.69) is 21.9 Å². The van der Waals surface area contributed by atoms with E-state index in [1.54, 1.807) is 7.11 Å².